The second kappa shape index (κ2) is 7.93. The third-order valence-corrected chi connectivity index (χ3v) is 3.79. The summed E-state index contributed by atoms with van der Waals surface area (Å²) < 4.78 is 10.1. The van der Waals surface area contributed by atoms with Crippen LogP contribution in [0, 0.1) is 5.41 Å². The van der Waals surface area contributed by atoms with E-state index in [0.717, 1.165) is 12.8 Å². The lowest BCUT2D eigenvalue weighted by Gasteiger charge is -2.44. The van der Waals surface area contributed by atoms with Crippen LogP contribution in [-0.2, 0) is 14.3 Å². The second-order valence-corrected chi connectivity index (χ2v) is 6.05. The Morgan fingerprint density at radius 3 is 2.75 bits per heavy atom. The molecule has 1 aliphatic heterocycles. The first-order valence-electron chi connectivity index (χ1n) is 7.10. The maximum Gasteiger partial charge on any atom is 0.321 e. The van der Waals surface area contributed by atoms with Crippen LogP contribution in [0.25, 0.3) is 0 Å². The van der Waals surface area contributed by atoms with Crippen molar-refractivity contribution in [2.75, 3.05) is 40.0 Å². The number of ether oxygens (including phenoxy) is 2. The van der Waals surface area contributed by atoms with Crippen LogP contribution in [-0.4, -0.2) is 73.2 Å². The SMILES string of the molecule is COCCOCC(O)CN1CCCC(C)(C)C1C(=O)O. The van der Waals surface area contributed by atoms with Crippen LogP contribution in [0.1, 0.15) is 26.7 Å². The van der Waals surface area contributed by atoms with Gasteiger partial charge in [-0.2, -0.15) is 0 Å². The summed E-state index contributed by atoms with van der Waals surface area (Å²) in [5.41, 5.74) is -0.277. The van der Waals surface area contributed by atoms with Crippen LogP contribution in [0.2, 0.25) is 0 Å². The average Bonchev–Trinajstić information content (AvgIpc) is 2.33. The lowest BCUT2D eigenvalue weighted by Crippen LogP contribution is -2.56. The maximum atomic E-state index is 11.5. The Bertz CT molecular complexity index is 308. The number of hydrogen-bond donors (Lipinski definition) is 2. The summed E-state index contributed by atoms with van der Waals surface area (Å²) in [5.74, 6) is -0.817. The zero-order chi connectivity index (χ0) is 15.2. The van der Waals surface area contributed by atoms with Crippen molar-refractivity contribution in [3.63, 3.8) is 0 Å². The minimum absolute atomic E-state index is 0.201. The van der Waals surface area contributed by atoms with E-state index in [1.165, 1.54) is 0 Å². The molecule has 1 rings (SSSR count). The number of methoxy groups -OCH3 is 1. The Morgan fingerprint density at radius 2 is 2.15 bits per heavy atom. The molecule has 1 aliphatic rings. The zero-order valence-electron chi connectivity index (χ0n) is 12.7. The van der Waals surface area contributed by atoms with Gasteiger partial charge in [0.1, 0.15) is 6.04 Å². The van der Waals surface area contributed by atoms with Crippen molar-refractivity contribution in [3.8, 4) is 0 Å². The summed E-state index contributed by atoms with van der Waals surface area (Å²) in [5, 5.41) is 19.4. The molecule has 1 saturated heterocycles. The van der Waals surface area contributed by atoms with Gasteiger partial charge in [-0.05, 0) is 24.8 Å². The molecular formula is C14H27NO5. The van der Waals surface area contributed by atoms with Crippen molar-refractivity contribution >= 4 is 5.97 Å². The molecule has 118 valence electrons. The van der Waals surface area contributed by atoms with Gasteiger partial charge in [0.25, 0.3) is 0 Å². The van der Waals surface area contributed by atoms with Gasteiger partial charge in [-0.25, -0.2) is 0 Å². The fraction of sp³-hybridized carbons (Fsp3) is 0.929. The summed E-state index contributed by atoms with van der Waals surface area (Å²) in [7, 11) is 1.59. The predicted molar refractivity (Wildman–Crippen MR) is 74.7 cm³/mol. The Labute approximate surface area is 120 Å². The summed E-state index contributed by atoms with van der Waals surface area (Å²) >= 11 is 0. The van der Waals surface area contributed by atoms with Gasteiger partial charge in [0.2, 0.25) is 0 Å². The highest BCUT2D eigenvalue weighted by atomic mass is 16.5. The van der Waals surface area contributed by atoms with Crippen molar-refractivity contribution in [1.29, 1.82) is 0 Å². The number of β-amino-alcohol motifs (C(OH)–C–C–N with tert-alkyl or cyclic N) is 1. The van der Waals surface area contributed by atoms with Gasteiger partial charge in [-0.1, -0.05) is 13.8 Å². The Balaban J connectivity index is 2.49. The topological polar surface area (TPSA) is 79.2 Å². The van der Waals surface area contributed by atoms with Gasteiger partial charge >= 0.3 is 5.97 Å². The number of aliphatic hydroxyl groups excluding tert-OH is 1. The summed E-state index contributed by atoms with van der Waals surface area (Å²) in [4.78, 5) is 13.3. The number of piperidine rings is 1. The highest BCUT2D eigenvalue weighted by molar-refractivity contribution is 5.74. The van der Waals surface area contributed by atoms with E-state index in [0.29, 0.717) is 26.3 Å². The second-order valence-electron chi connectivity index (χ2n) is 6.05. The molecule has 6 heteroatoms. The van der Waals surface area contributed by atoms with Gasteiger partial charge < -0.3 is 19.7 Å². The number of nitrogens with zero attached hydrogens (tertiary/aromatic N) is 1. The third-order valence-electron chi connectivity index (χ3n) is 3.79. The lowest BCUT2D eigenvalue weighted by molar-refractivity contribution is -0.152. The normalized spacial score (nSPS) is 24.5. The van der Waals surface area contributed by atoms with E-state index in [9.17, 15) is 15.0 Å². The number of aliphatic hydroxyl groups is 1. The molecule has 0 radical (unpaired) electrons. The Kier molecular flexibility index (Phi) is 6.88. The van der Waals surface area contributed by atoms with Crippen LogP contribution < -0.4 is 0 Å². The highest BCUT2D eigenvalue weighted by Crippen LogP contribution is 2.35. The minimum Gasteiger partial charge on any atom is -0.480 e. The highest BCUT2D eigenvalue weighted by Gasteiger charge is 2.42. The molecule has 6 nitrogen and oxygen atoms in total. The van der Waals surface area contributed by atoms with E-state index >= 15 is 0 Å². The molecule has 0 saturated carbocycles. The largest absolute Gasteiger partial charge is 0.480 e. The zero-order valence-corrected chi connectivity index (χ0v) is 12.7. The van der Waals surface area contributed by atoms with Gasteiger partial charge in [-0.3, -0.25) is 9.69 Å². The molecule has 0 aromatic rings. The Hall–Kier alpha value is -0.690. The van der Waals surface area contributed by atoms with E-state index in [1.54, 1.807) is 7.11 Å². The van der Waals surface area contributed by atoms with Crippen LogP contribution in [0.5, 0.6) is 0 Å². The van der Waals surface area contributed by atoms with Crippen molar-refractivity contribution < 1.29 is 24.5 Å². The molecule has 0 amide bonds. The summed E-state index contributed by atoms with van der Waals surface area (Å²) in [6, 6.07) is -0.551. The van der Waals surface area contributed by atoms with Crippen molar-refractivity contribution in [2.45, 2.75) is 38.8 Å². The van der Waals surface area contributed by atoms with Crippen LogP contribution in [0.15, 0.2) is 0 Å². The molecule has 2 unspecified atom stereocenters. The summed E-state index contributed by atoms with van der Waals surface area (Å²) in [6.45, 7) is 6.09. The van der Waals surface area contributed by atoms with Gasteiger partial charge in [0.05, 0.1) is 25.9 Å². The molecule has 0 aliphatic carbocycles. The van der Waals surface area contributed by atoms with Crippen molar-refractivity contribution in [1.82, 2.24) is 4.90 Å². The van der Waals surface area contributed by atoms with Crippen LogP contribution >= 0.6 is 0 Å². The van der Waals surface area contributed by atoms with Gasteiger partial charge in [0, 0.05) is 13.7 Å². The van der Waals surface area contributed by atoms with E-state index in [2.05, 4.69) is 0 Å². The molecular weight excluding hydrogens is 262 g/mol. The van der Waals surface area contributed by atoms with E-state index in [1.807, 2.05) is 18.7 Å². The first-order chi connectivity index (χ1) is 9.38. The number of aliphatic carboxylic acids is 1. The van der Waals surface area contributed by atoms with Crippen LogP contribution in [0.3, 0.4) is 0 Å². The molecule has 1 fully saturated rings. The number of hydrogen-bond acceptors (Lipinski definition) is 5. The van der Waals surface area contributed by atoms with E-state index in [4.69, 9.17) is 9.47 Å². The molecule has 0 aromatic carbocycles. The fourth-order valence-corrected chi connectivity index (χ4v) is 2.87. The van der Waals surface area contributed by atoms with Crippen molar-refractivity contribution in [3.05, 3.63) is 0 Å². The number of carboxylic acid groups (broad SMARTS) is 1. The first kappa shape index (κ1) is 17.4. The van der Waals surface area contributed by atoms with Crippen molar-refractivity contribution in [2.24, 2.45) is 5.41 Å². The third kappa shape index (κ3) is 5.01. The minimum atomic E-state index is -0.817. The molecule has 20 heavy (non-hydrogen) atoms. The van der Waals surface area contributed by atoms with E-state index < -0.39 is 18.1 Å². The molecule has 1 heterocycles. The smallest absolute Gasteiger partial charge is 0.321 e. The number of carboxylic acids is 1. The molecule has 0 bridgehead atoms. The standard InChI is InChI=1S/C14H27NO5/c1-14(2)5-4-6-15(12(14)13(17)18)9-11(16)10-20-8-7-19-3/h11-12,16H,4-10H2,1-3H3,(H,17,18). The Morgan fingerprint density at radius 1 is 1.45 bits per heavy atom. The molecule has 0 spiro atoms. The number of likely N-dealkylation sites (tertiary alicyclic amines) is 1. The lowest BCUT2D eigenvalue weighted by atomic mass is 9.76. The van der Waals surface area contributed by atoms with Gasteiger partial charge in [0.15, 0.2) is 0 Å². The first-order valence-corrected chi connectivity index (χ1v) is 7.10. The number of carbonyl (C=O) groups is 1. The molecule has 0 aromatic heterocycles. The summed E-state index contributed by atoms with van der Waals surface area (Å²) in [6.07, 6.45) is 1.16. The van der Waals surface area contributed by atoms with Crippen LogP contribution in [0.4, 0.5) is 0 Å². The number of rotatable bonds is 8. The van der Waals surface area contributed by atoms with Gasteiger partial charge in [-0.15, -0.1) is 0 Å². The predicted octanol–water partition coefficient (Wildman–Crippen LogP) is 0.586. The quantitative estimate of drug-likeness (QED) is 0.637. The molecule has 2 N–H and O–H groups in total. The fourth-order valence-electron chi connectivity index (χ4n) is 2.87. The maximum absolute atomic E-state index is 11.5. The van der Waals surface area contributed by atoms with E-state index in [-0.39, 0.29) is 12.0 Å². The average molecular weight is 289 g/mol. The molecule has 2 atom stereocenters. The monoisotopic (exact) mass is 289 g/mol.